The van der Waals surface area contributed by atoms with Gasteiger partial charge in [0.25, 0.3) is 0 Å². The molecule has 1 heterocycles. The summed E-state index contributed by atoms with van der Waals surface area (Å²) in [7, 11) is 0. The first-order valence-electron chi connectivity index (χ1n) is 16.9. The lowest BCUT2D eigenvalue weighted by atomic mass is 9.70. The highest BCUT2D eigenvalue weighted by atomic mass is 16.6. The molecule has 6 aromatic carbocycles. The van der Waals surface area contributed by atoms with E-state index in [1.807, 2.05) is 19.1 Å². The van der Waals surface area contributed by atoms with E-state index >= 15 is 0 Å². The number of hydrogen-bond acceptors (Lipinski definition) is 3. The molecule has 2 aliphatic carbocycles. The predicted octanol–water partition coefficient (Wildman–Crippen LogP) is 12.4. The molecule has 0 radical (unpaired) electrons. The van der Waals surface area contributed by atoms with Crippen LogP contribution in [-0.2, 0) is 5.41 Å². The number of ether oxygens (including phenoxy) is 2. The highest BCUT2D eigenvalue weighted by molar-refractivity contribution is 5.96. The first-order chi connectivity index (χ1) is 24.0. The molecule has 0 unspecified atom stereocenters. The summed E-state index contributed by atoms with van der Waals surface area (Å²) in [6, 6.07) is 45.3. The van der Waals surface area contributed by atoms with E-state index in [2.05, 4.69) is 153 Å². The Hall–Kier alpha value is -6.06. The lowest BCUT2D eigenvalue weighted by Gasteiger charge is -2.31. The molecule has 0 saturated heterocycles. The molecule has 0 saturated carbocycles. The van der Waals surface area contributed by atoms with Gasteiger partial charge in [0, 0.05) is 22.5 Å². The smallest absolute Gasteiger partial charge is 0.170 e. The highest BCUT2D eigenvalue weighted by Crippen LogP contribution is 2.64. The van der Waals surface area contributed by atoms with E-state index in [9.17, 15) is 0 Å². The van der Waals surface area contributed by atoms with E-state index in [1.54, 1.807) is 0 Å². The highest BCUT2D eigenvalue weighted by Gasteiger charge is 2.52. The fourth-order valence-electron chi connectivity index (χ4n) is 8.17. The molecule has 3 nitrogen and oxygen atoms in total. The molecule has 9 rings (SSSR count). The third-order valence-electron chi connectivity index (χ3n) is 10.4. The monoisotopic (exact) mass is 633 g/mol. The van der Waals surface area contributed by atoms with E-state index in [1.165, 1.54) is 50.1 Å². The van der Waals surface area contributed by atoms with Gasteiger partial charge in [0.05, 0.1) is 5.41 Å². The SMILES string of the molecule is C=C(Nc1ccccc1/C(C)=C/C)/C(=C\C)c1ccc2c(c1)Oc1cc3c(cc1O2)-c1ccccc1C31c2ccccc2-c2ccccc21. The molecule has 3 heteroatoms. The van der Waals surface area contributed by atoms with E-state index < -0.39 is 5.41 Å². The minimum Gasteiger partial charge on any atom is -0.449 e. The van der Waals surface area contributed by atoms with Crippen molar-refractivity contribution in [2.45, 2.75) is 26.2 Å². The molecular weight excluding hydrogens is 599 g/mol. The van der Waals surface area contributed by atoms with Crippen LogP contribution in [-0.4, -0.2) is 0 Å². The quantitative estimate of drug-likeness (QED) is 0.191. The van der Waals surface area contributed by atoms with Crippen molar-refractivity contribution in [1.82, 2.24) is 0 Å². The first-order valence-corrected chi connectivity index (χ1v) is 16.9. The standard InChI is InChI=1S/C46H35NO2/c1-5-28(3)32-15-10-14-22-41(32)47-29(4)31(6-2)30-23-24-42-43(25-30)49-45-27-40-36(26-44(45)48-42)35-18-9-13-21-39(35)46(40)37-19-11-7-16-33(37)34-17-8-12-20-38(34)46/h5-27,47H,4H2,1-3H3/b28-5+,31-6+. The summed E-state index contributed by atoms with van der Waals surface area (Å²) in [5, 5.41) is 3.58. The maximum absolute atomic E-state index is 6.77. The van der Waals surface area contributed by atoms with Crippen LogP contribution in [0.3, 0.4) is 0 Å². The Labute approximate surface area is 287 Å². The number of benzene rings is 6. The molecule has 0 atom stereocenters. The van der Waals surface area contributed by atoms with Gasteiger partial charge in [0.2, 0.25) is 0 Å². The van der Waals surface area contributed by atoms with E-state index in [4.69, 9.17) is 9.47 Å². The van der Waals surface area contributed by atoms with Gasteiger partial charge < -0.3 is 14.8 Å². The molecule has 1 aliphatic heterocycles. The summed E-state index contributed by atoms with van der Waals surface area (Å²) in [4.78, 5) is 0. The van der Waals surface area contributed by atoms with Crippen LogP contribution in [0.1, 0.15) is 54.2 Å². The lowest BCUT2D eigenvalue weighted by Crippen LogP contribution is -2.25. The average Bonchev–Trinajstić information content (AvgIpc) is 3.60. The predicted molar refractivity (Wildman–Crippen MR) is 202 cm³/mol. The molecule has 49 heavy (non-hydrogen) atoms. The summed E-state index contributed by atoms with van der Waals surface area (Å²) in [5.74, 6) is 2.81. The number of rotatable bonds is 5. The Morgan fingerprint density at radius 1 is 0.571 bits per heavy atom. The third-order valence-corrected chi connectivity index (χ3v) is 10.4. The van der Waals surface area contributed by atoms with Gasteiger partial charge in [-0.15, -0.1) is 0 Å². The number of para-hydroxylation sites is 1. The van der Waals surface area contributed by atoms with Gasteiger partial charge in [0.1, 0.15) is 0 Å². The molecule has 3 aliphatic rings. The Bertz CT molecular complexity index is 2380. The molecule has 6 aromatic rings. The summed E-state index contributed by atoms with van der Waals surface area (Å²) in [6.45, 7) is 10.7. The molecular formula is C46H35NO2. The van der Waals surface area contributed by atoms with Crippen LogP contribution >= 0.6 is 0 Å². The van der Waals surface area contributed by atoms with Crippen molar-refractivity contribution >= 4 is 16.8 Å². The summed E-state index contributed by atoms with van der Waals surface area (Å²) in [5.41, 5.74) is 15.8. The van der Waals surface area contributed by atoms with Crippen molar-refractivity contribution in [2.24, 2.45) is 0 Å². The number of anilines is 1. The molecule has 236 valence electrons. The van der Waals surface area contributed by atoms with Crippen molar-refractivity contribution in [1.29, 1.82) is 0 Å². The van der Waals surface area contributed by atoms with Crippen LogP contribution < -0.4 is 14.8 Å². The Balaban J connectivity index is 1.12. The van der Waals surface area contributed by atoms with E-state index in [0.29, 0.717) is 17.2 Å². The Kier molecular flexibility index (Phi) is 6.53. The maximum Gasteiger partial charge on any atom is 0.170 e. The van der Waals surface area contributed by atoms with Crippen LogP contribution in [0.25, 0.3) is 33.4 Å². The number of nitrogens with one attached hydrogen (secondary N) is 1. The molecule has 0 aromatic heterocycles. The average molecular weight is 634 g/mol. The second-order valence-electron chi connectivity index (χ2n) is 12.9. The second kappa shape index (κ2) is 11.0. The van der Waals surface area contributed by atoms with Crippen molar-refractivity contribution in [3.8, 4) is 45.3 Å². The van der Waals surface area contributed by atoms with Crippen molar-refractivity contribution in [3.05, 3.63) is 185 Å². The lowest BCUT2D eigenvalue weighted by molar-refractivity contribution is 0.359. The minimum atomic E-state index is -0.442. The van der Waals surface area contributed by atoms with Crippen LogP contribution in [0.5, 0.6) is 23.0 Å². The maximum atomic E-state index is 6.77. The molecule has 1 N–H and O–H groups in total. The van der Waals surface area contributed by atoms with Gasteiger partial charge in [-0.3, -0.25) is 0 Å². The fraction of sp³-hybridized carbons (Fsp3) is 0.0870. The largest absolute Gasteiger partial charge is 0.449 e. The van der Waals surface area contributed by atoms with Crippen LogP contribution in [0.15, 0.2) is 152 Å². The van der Waals surface area contributed by atoms with Gasteiger partial charge in [0.15, 0.2) is 23.0 Å². The van der Waals surface area contributed by atoms with Gasteiger partial charge in [-0.2, -0.15) is 0 Å². The fourth-order valence-corrected chi connectivity index (χ4v) is 8.17. The number of hydrogen-bond donors (Lipinski definition) is 1. The van der Waals surface area contributed by atoms with Gasteiger partial charge >= 0.3 is 0 Å². The molecule has 1 spiro atoms. The number of allylic oxidation sites excluding steroid dienone is 4. The molecule has 0 amide bonds. The van der Waals surface area contributed by atoms with E-state index in [0.717, 1.165) is 33.8 Å². The van der Waals surface area contributed by atoms with Crippen LogP contribution in [0.2, 0.25) is 0 Å². The Morgan fingerprint density at radius 2 is 1.12 bits per heavy atom. The van der Waals surface area contributed by atoms with Gasteiger partial charge in [-0.1, -0.05) is 116 Å². The zero-order chi connectivity index (χ0) is 33.3. The van der Waals surface area contributed by atoms with Crippen LogP contribution in [0.4, 0.5) is 5.69 Å². The zero-order valence-electron chi connectivity index (χ0n) is 27.8. The topological polar surface area (TPSA) is 30.5 Å². The van der Waals surface area contributed by atoms with Gasteiger partial charge in [-0.25, -0.2) is 0 Å². The van der Waals surface area contributed by atoms with E-state index in [-0.39, 0.29) is 0 Å². The zero-order valence-corrected chi connectivity index (χ0v) is 27.8. The summed E-state index contributed by atoms with van der Waals surface area (Å²) < 4.78 is 13.4. The summed E-state index contributed by atoms with van der Waals surface area (Å²) in [6.07, 6.45) is 4.21. The normalized spacial score (nSPS) is 14.4. The van der Waals surface area contributed by atoms with Crippen LogP contribution in [0, 0.1) is 0 Å². The summed E-state index contributed by atoms with van der Waals surface area (Å²) >= 11 is 0. The minimum absolute atomic E-state index is 0.442. The molecule has 0 fully saturated rings. The van der Waals surface area contributed by atoms with Crippen molar-refractivity contribution in [3.63, 3.8) is 0 Å². The third kappa shape index (κ3) is 4.15. The first kappa shape index (κ1) is 29.1. The Morgan fingerprint density at radius 3 is 1.78 bits per heavy atom. The van der Waals surface area contributed by atoms with Crippen molar-refractivity contribution < 1.29 is 9.47 Å². The van der Waals surface area contributed by atoms with Crippen molar-refractivity contribution in [2.75, 3.05) is 5.32 Å². The van der Waals surface area contributed by atoms with Gasteiger partial charge in [-0.05, 0) is 107 Å². The molecule has 0 bridgehead atoms. The number of fused-ring (bicyclic) bond motifs is 12. The second-order valence-corrected chi connectivity index (χ2v) is 12.9.